The van der Waals surface area contributed by atoms with Crippen molar-refractivity contribution in [3.05, 3.63) is 56.7 Å². The summed E-state index contributed by atoms with van der Waals surface area (Å²) in [5.41, 5.74) is 1.81. The van der Waals surface area contributed by atoms with Gasteiger partial charge in [0.05, 0.1) is 10.9 Å². The SMILES string of the molecule is Cc1cccc(C(=O)N(C)Cc2ccc(Cl)s2)c1. The molecule has 0 spiro atoms. The van der Waals surface area contributed by atoms with Crippen LogP contribution in [0.5, 0.6) is 0 Å². The fourth-order valence-corrected chi connectivity index (χ4v) is 2.88. The van der Waals surface area contributed by atoms with E-state index in [0.717, 1.165) is 20.3 Å². The molecule has 0 saturated heterocycles. The molecule has 18 heavy (non-hydrogen) atoms. The van der Waals surface area contributed by atoms with E-state index in [9.17, 15) is 4.79 Å². The first kappa shape index (κ1) is 13.1. The van der Waals surface area contributed by atoms with Gasteiger partial charge in [0.2, 0.25) is 0 Å². The Balaban J connectivity index is 2.09. The molecule has 0 unspecified atom stereocenters. The first-order chi connectivity index (χ1) is 8.56. The maximum Gasteiger partial charge on any atom is 0.253 e. The van der Waals surface area contributed by atoms with E-state index >= 15 is 0 Å². The van der Waals surface area contributed by atoms with Crippen LogP contribution in [0, 0.1) is 6.92 Å². The molecule has 2 nitrogen and oxygen atoms in total. The normalized spacial score (nSPS) is 10.4. The summed E-state index contributed by atoms with van der Waals surface area (Å²) in [6, 6.07) is 11.4. The Bertz CT molecular complexity index is 564. The summed E-state index contributed by atoms with van der Waals surface area (Å²) in [6.07, 6.45) is 0. The van der Waals surface area contributed by atoms with Crippen LogP contribution in [-0.4, -0.2) is 17.9 Å². The molecule has 1 aromatic heterocycles. The first-order valence-corrected chi connectivity index (χ1v) is 6.82. The van der Waals surface area contributed by atoms with Crippen molar-refractivity contribution in [2.45, 2.75) is 13.5 Å². The third kappa shape index (κ3) is 3.12. The van der Waals surface area contributed by atoms with Crippen LogP contribution in [0.3, 0.4) is 0 Å². The van der Waals surface area contributed by atoms with Crippen molar-refractivity contribution in [3.63, 3.8) is 0 Å². The predicted molar refractivity (Wildman–Crippen MR) is 76.3 cm³/mol. The quantitative estimate of drug-likeness (QED) is 0.832. The van der Waals surface area contributed by atoms with Crippen LogP contribution in [0.2, 0.25) is 4.34 Å². The number of hydrogen-bond donors (Lipinski definition) is 0. The molecule has 0 bridgehead atoms. The molecule has 0 aliphatic rings. The van der Waals surface area contributed by atoms with Crippen LogP contribution in [0.4, 0.5) is 0 Å². The fourth-order valence-electron chi connectivity index (χ4n) is 1.74. The smallest absolute Gasteiger partial charge is 0.253 e. The molecule has 2 rings (SSSR count). The molecular formula is C14H14ClNOS. The number of thiophene rings is 1. The van der Waals surface area contributed by atoms with Crippen LogP contribution in [0.15, 0.2) is 36.4 Å². The lowest BCUT2D eigenvalue weighted by Gasteiger charge is -2.16. The van der Waals surface area contributed by atoms with Crippen molar-refractivity contribution in [1.82, 2.24) is 4.90 Å². The Morgan fingerprint density at radius 1 is 1.33 bits per heavy atom. The number of amides is 1. The van der Waals surface area contributed by atoms with Crippen molar-refractivity contribution in [2.75, 3.05) is 7.05 Å². The third-order valence-corrected chi connectivity index (χ3v) is 3.85. The van der Waals surface area contributed by atoms with Gasteiger partial charge in [-0.2, -0.15) is 0 Å². The summed E-state index contributed by atoms with van der Waals surface area (Å²) in [4.78, 5) is 15.0. The lowest BCUT2D eigenvalue weighted by molar-refractivity contribution is 0.0786. The Labute approximate surface area is 116 Å². The maximum atomic E-state index is 12.2. The van der Waals surface area contributed by atoms with E-state index in [0.29, 0.717) is 6.54 Å². The topological polar surface area (TPSA) is 20.3 Å². The molecule has 0 atom stereocenters. The van der Waals surface area contributed by atoms with Crippen molar-refractivity contribution in [1.29, 1.82) is 0 Å². The molecule has 94 valence electrons. The highest BCUT2D eigenvalue weighted by Crippen LogP contribution is 2.22. The van der Waals surface area contributed by atoms with E-state index < -0.39 is 0 Å². The van der Waals surface area contributed by atoms with Gasteiger partial charge in [-0.1, -0.05) is 29.3 Å². The predicted octanol–water partition coefficient (Wildman–Crippen LogP) is 3.98. The second kappa shape index (κ2) is 5.55. The summed E-state index contributed by atoms with van der Waals surface area (Å²) in [6.45, 7) is 2.57. The van der Waals surface area contributed by atoms with Gasteiger partial charge in [0.1, 0.15) is 0 Å². The Hall–Kier alpha value is -1.32. The minimum Gasteiger partial charge on any atom is -0.337 e. The standard InChI is InChI=1S/C14H14ClNOS/c1-10-4-3-5-11(8-10)14(17)16(2)9-12-6-7-13(15)18-12/h3-8H,9H2,1-2H3. The average molecular weight is 280 g/mol. The van der Waals surface area contributed by atoms with Gasteiger partial charge in [-0.25, -0.2) is 0 Å². The van der Waals surface area contributed by atoms with Crippen molar-refractivity contribution < 1.29 is 4.79 Å². The summed E-state index contributed by atoms with van der Waals surface area (Å²) < 4.78 is 0.751. The van der Waals surface area contributed by atoms with Crippen LogP contribution in [0.1, 0.15) is 20.8 Å². The minimum atomic E-state index is 0.0308. The molecule has 0 radical (unpaired) electrons. The van der Waals surface area contributed by atoms with Gasteiger partial charge in [0.25, 0.3) is 5.91 Å². The number of aryl methyl sites for hydroxylation is 1. The number of carbonyl (C=O) groups excluding carboxylic acids is 1. The van der Waals surface area contributed by atoms with Crippen LogP contribution in [-0.2, 0) is 6.54 Å². The highest BCUT2D eigenvalue weighted by atomic mass is 35.5. The number of halogens is 1. The second-order valence-electron chi connectivity index (χ2n) is 4.24. The van der Waals surface area contributed by atoms with E-state index in [1.807, 2.05) is 43.3 Å². The van der Waals surface area contributed by atoms with Gasteiger partial charge in [-0.05, 0) is 31.2 Å². The summed E-state index contributed by atoms with van der Waals surface area (Å²) in [7, 11) is 1.80. The summed E-state index contributed by atoms with van der Waals surface area (Å²) in [5, 5.41) is 0. The Kier molecular flexibility index (Phi) is 4.04. The van der Waals surface area contributed by atoms with E-state index in [4.69, 9.17) is 11.6 Å². The molecule has 2 aromatic rings. The first-order valence-electron chi connectivity index (χ1n) is 5.62. The zero-order valence-corrected chi connectivity index (χ0v) is 11.9. The van der Waals surface area contributed by atoms with Crippen molar-refractivity contribution >= 4 is 28.8 Å². The lowest BCUT2D eigenvalue weighted by Crippen LogP contribution is -2.25. The molecule has 0 aliphatic heterocycles. The van der Waals surface area contributed by atoms with Gasteiger partial charge >= 0.3 is 0 Å². The highest BCUT2D eigenvalue weighted by Gasteiger charge is 2.12. The van der Waals surface area contributed by atoms with Crippen LogP contribution in [0.25, 0.3) is 0 Å². The molecule has 1 heterocycles. The third-order valence-electron chi connectivity index (χ3n) is 2.63. The Morgan fingerprint density at radius 3 is 2.72 bits per heavy atom. The molecule has 1 aromatic carbocycles. The number of benzene rings is 1. The Morgan fingerprint density at radius 2 is 2.11 bits per heavy atom. The number of rotatable bonds is 3. The van der Waals surface area contributed by atoms with Crippen molar-refractivity contribution in [2.24, 2.45) is 0 Å². The molecule has 0 N–H and O–H groups in total. The minimum absolute atomic E-state index is 0.0308. The molecule has 4 heteroatoms. The number of hydrogen-bond acceptors (Lipinski definition) is 2. The average Bonchev–Trinajstić information content (AvgIpc) is 2.73. The van der Waals surface area contributed by atoms with Gasteiger partial charge in [0.15, 0.2) is 0 Å². The highest BCUT2D eigenvalue weighted by molar-refractivity contribution is 7.16. The van der Waals surface area contributed by atoms with E-state index in [2.05, 4.69) is 0 Å². The number of nitrogens with zero attached hydrogens (tertiary/aromatic N) is 1. The van der Waals surface area contributed by atoms with E-state index in [1.54, 1.807) is 11.9 Å². The fraction of sp³-hybridized carbons (Fsp3) is 0.214. The van der Waals surface area contributed by atoms with Gasteiger partial charge in [-0.15, -0.1) is 11.3 Å². The zero-order chi connectivity index (χ0) is 13.1. The summed E-state index contributed by atoms with van der Waals surface area (Å²) in [5.74, 6) is 0.0308. The van der Waals surface area contributed by atoms with Gasteiger partial charge in [0, 0.05) is 17.5 Å². The molecule has 0 fully saturated rings. The zero-order valence-electron chi connectivity index (χ0n) is 10.3. The van der Waals surface area contributed by atoms with E-state index in [1.165, 1.54) is 11.3 Å². The van der Waals surface area contributed by atoms with Crippen LogP contribution >= 0.6 is 22.9 Å². The molecular weight excluding hydrogens is 266 g/mol. The summed E-state index contributed by atoms with van der Waals surface area (Å²) >= 11 is 7.38. The van der Waals surface area contributed by atoms with Crippen molar-refractivity contribution in [3.8, 4) is 0 Å². The maximum absolute atomic E-state index is 12.2. The monoisotopic (exact) mass is 279 g/mol. The molecule has 1 amide bonds. The van der Waals surface area contributed by atoms with E-state index in [-0.39, 0.29) is 5.91 Å². The largest absolute Gasteiger partial charge is 0.337 e. The molecule has 0 saturated carbocycles. The van der Waals surface area contributed by atoms with Gasteiger partial charge < -0.3 is 4.90 Å². The molecule has 0 aliphatic carbocycles. The number of carbonyl (C=O) groups is 1. The van der Waals surface area contributed by atoms with Crippen LogP contribution < -0.4 is 0 Å². The lowest BCUT2D eigenvalue weighted by atomic mass is 10.1. The van der Waals surface area contributed by atoms with Gasteiger partial charge in [-0.3, -0.25) is 4.79 Å². The second-order valence-corrected chi connectivity index (χ2v) is 6.04.